The predicted octanol–water partition coefficient (Wildman–Crippen LogP) is 2.64. The second kappa shape index (κ2) is 5.17. The van der Waals surface area contributed by atoms with E-state index in [0.717, 1.165) is 12.3 Å². The summed E-state index contributed by atoms with van der Waals surface area (Å²) in [7, 11) is 0. The molecule has 0 aliphatic carbocycles. The molecule has 6 N–H and O–H groups in total. The molecule has 124 valence electrons. The van der Waals surface area contributed by atoms with Crippen LogP contribution in [0.25, 0.3) is 33.2 Å². The van der Waals surface area contributed by atoms with Crippen LogP contribution in [-0.4, -0.2) is 16.2 Å². The zero-order valence-electron chi connectivity index (χ0n) is 12.8. The highest BCUT2D eigenvalue weighted by molar-refractivity contribution is 6.11. The number of hydrogen-bond acceptors (Lipinski definition) is 6. The molecule has 1 aromatic carbocycles. The van der Waals surface area contributed by atoms with Crippen LogP contribution in [0, 0.1) is 11.2 Å². The highest BCUT2D eigenvalue weighted by Crippen LogP contribution is 2.38. The van der Waals surface area contributed by atoms with Gasteiger partial charge in [0.2, 0.25) is 0 Å². The predicted molar refractivity (Wildman–Crippen MR) is 94.2 cm³/mol. The minimum absolute atomic E-state index is 0.103. The van der Waals surface area contributed by atoms with Crippen LogP contribution in [0.3, 0.4) is 0 Å². The van der Waals surface area contributed by atoms with E-state index >= 15 is 0 Å². The van der Waals surface area contributed by atoms with E-state index in [1.54, 1.807) is 18.5 Å². The van der Waals surface area contributed by atoms with E-state index in [1.807, 2.05) is 0 Å². The number of H-pyrrole nitrogens is 1. The number of aromatic amines is 1. The van der Waals surface area contributed by atoms with E-state index in [-0.39, 0.29) is 22.5 Å². The highest BCUT2D eigenvalue weighted by atomic mass is 19.1. The Morgan fingerprint density at radius 3 is 2.80 bits per heavy atom. The van der Waals surface area contributed by atoms with Crippen LogP contribution in [0.5, 0.6) is 0 Å². The summed E-state index contributed by atoms with van der Waals surface area (Å²) in [5.74, 6) is -0.657. The maximum atomic E-state index is 13.8. The van der Waals surface area contributed by atoms with E-state index in [0.29, 0.717) is 27.6 Å². The third-order valence-electron chi connectivity index (χ3n) is 4.12. The van der Waals surface area contributed by atoms with E-state index in [9.17, 15) is 9.18 Å². The molecular weight excluding hydrogens is 325 g/mol. The quantitative estimate of drug-likeness (QED) is 0.329. The van der Waals surface area contributed by atoms with Gasteiger partial charge in [0.1, 0.15) is 17.1 Å². The van der Waals surface area contributed by atoms with Crippen LogP contribution >= 0.6 is 0 Å². The number of nitrogens with two attached hydrogens (primary N) is 2. The molecule has 4 rings (SSSR count). The first-order valence-corrected chi connectivity index (χ1v) is 7.29. The molecule has 8 heteroatoms. The number of nitrogen functional groups attached to an aromatic ring is 2. The maximum absolute atomic E-state index is 13.8. The molecule has 0 aliphatic heterocycles. The topological polar surface area (TPSA) is 135 Å². The van der Waals surface area contributed by atoms with Gasteiger partial charge < -0.3 is 26.3 Å². The normalized spacial score (nSPS) is 11.2. The molecule has 0 bridgehead atoms. The third-order valence-corrected chi connectivity index (χ3v) is 4.12. The second-order valence-electron chi connectivity index (χ2n) is 5.49. The van der Waals surface area contributed by atoms with Gasteiger partial charge in [-0.15, -0.1) is 0 Å². The summed E-state index contributed by atoms with van der Waals surface area (Å²) in [6.07, 6.45) is 4.04. The molecule has 3 aromatic heterocycles. The van der Waals surface area contributed by atoms with E-state index in [4.69, 9.17) is 21.3 Å². The van der Waals surface area contributed by atoms with Crippen molar-refractivity contribution in [3.8, 4) is 11.1 Å². The van der Waals surface area contributed by atoms with Crippen molar-refractivity contribution >= 4 is 39.7 Å². The lowest BCUT2D eigenvalue weighted by Crippen LogP contribution is -2.13. The number of benzene rings is 1. The Hall–Kier alpha value is -3.68. The first kappa shape index (κ1) is 14.9. The van der Waals surface area contributed by atoms with Gasteiger partial charge in [-0.25, -0.2) is 4.39 Å². The summed E-state index contributed by atoms with van der Waals surface area (Å²) in [6, 6.07) is 4.24. The zero-order chi connectivity index (χ0) is 17.7. The molecule has 3 heterocycles. The molecule has 0 unspecified atom stereocenters. The van der Waals surface area contributed by atoms with Crippen molar-refractivity contribution in [2.24, 2.45) is 0 Å². The Balaban J connectivity index is 2.23. The fraction of sp³-hybridized carbons (Fsp3) is 0. The molecule has 0 amide bonds. The Labute approximate surface area is 139 Å². The number of fused-ring (bicyclic) bond motifs is 3. The largest absolute Gasteiger partial charge is 0.454 e. The van der Waals surface area contributed by atoms with Crippen molar-refractivity contribution in [2.45, 2.75) is 0 Å². The molecule has 4 aromatic rings. The molecule has 0 aliphatic rings. The Bertz CT molecular complexity index is 1230. The lowest BCUT2D eigenvalue weighted by atomic mass is 9.97. The smallest absolute Gasteiger partial charge is 0.272 e. The monoisotopic (exact) mass is 337 g/mol. The summed E-state index contributed by atoms with van der Waals surface area (Å²) < 4.78 is 19.6. The van der Waals surface area contributed by atoms with Crippen LogP contribution < -0.4 is 17.0 Å². The van der Waals surface area contributed by atoms with Gasteiger partial charge in [0, 0.05) is 24.2 Å². The average Bonchev–Trinajstić information content (AvgIpc) is 2.97. The standard InChI is InChI=1S/C17H12FN5O2/c18-10-2-1-7(8(5-19)13(10)20)12-14(21)17(24)23-15-9-6-22-4-3-11(9)25-16(12)15/h1-6,19H,20-21H2,(H,23,24). The van der Waals surface area contributed by atoms with Crippen LogP contribution in [-0.2, 0) is 0 Å². The van der Waals surface area contributed by atoms with E-state index < -0.39 is 11.4 Å². The first-order chi connectivity index (χ1) is 12.0. The Kier molecular flexibility index (Phi) is 3.08. The van der Waals surface area contributed by atoms with Crippen molar-refractivity contribution < 1.29 is 8.81 Å². The van der Waals surface area contributed by atoms with Crippen molar-refractivity contribution in [2.75, 3.05) is 11.5 Å². The molecule has 0 atom stereocenters. The summed E-state index contributed by atoms with van der Waals surface area (Å²) in [6.45, 7) is 0. The zero-order valence-corrected chi connectivity index (χ0v) is 12.8. The summed E-state index contributed by atoms with van der Waals surface area (Å²) in [5.41, 5.74) is 12.9. The maximum Gasteiger partial charge on any atom is 0.272 e. The van der Waals surface area contributed by atoms with Gasteiger partial charge in [0.05, 0.1) is 22.2 Å². The molecular formula is C17H12FN5O2. The van der Waals surface area contributed by atoms with Gasteiger partial charge in [-0.2, -0.15) is 0 Å². The molecule has 0 radical (unpaired) electrons. The van der Waals surface area contributed by atoms with Gasteiger partial charge in [0.25, 0.3) is 5.56 Å². The number of rotatable bonds is 2. The summed E-state index contributed by atoms with van der Waals surface area (Å²) in [4.78, 5) is 19.0. The third kappa shape index (κ3) is 2.01. The van der Waals surface area contributed by atoms with Gasteiger partial charge in [-0.1, -0.05) is 6.07 Å². The van der Waals surface area contributed by atoms with Crippen molar-refractivity contribution in [3.05, 3.63) is 52.3 Å². The van der Waals surface area contributed by atoms with Crippen LogP contribution in [0.2, 0.25) is 0 Å². The lowest BCUT2D eigenvalue weighted by Gasteiger charge is -2.11. The molecule has 0 saturated heterocycles. The average molecular weight is 337 g/mol. The molecule has 25 heavy (non-hydrogen) atoms. The Morgan fingerprint density at radius 2 is 2.04 bits per heavy atom. The van der Waals surface area contributed by atoms with Gasteiger partial charge in [-0.3, -0.25) is 9.78 Å². The van der Waals surface area contributed by atoms with E-state index in [1.165, 1.54) is 6.07 Å². The molecule has 0 spiro atoms. The second-order valence-corrected chi connectivity index (χ2v) is 5.49. The summed E-state index contributed by atoms with van der Waals surface area (Å²) in [5, 5.41) is 8.19. The minimum Gasteiger partial charge on any atom is -0.454 e. The minimum atomic E-state index is -0.657. The highest BCUT2D eigenvalue weighted by Gasteiger charge is 2.21. The van der Waals surface area contributed by atoms with E-state index in [2.05, 4.69) is 9.97 Å². The summed E-state index contributed by atoms with van der Waals surface area (Å²) >= 11 is 0. The molecule has 0 saturated carbocycles. The van der Waals surface area contributed by atoms with Crippen molar-refractivity contribution in [1.29, 1.82) is 5.41 Å². The van der Waals surface area contributed by atoms with Gasteiger partial charge >= 0.3 is 0 Å². The number of hydrogen-bond donors (Lipinski definition) is 4. The number of aromatic nitrogens is 2. The van der Waals surface area contributed by atoms with Crippen LogP contribution in [0.4, 0.5) is 15.8 Å². The first-order valence-electron chi connectivity index (χ1n) is 7.29. The lowest BCUT2D eigenvalue weighted by molar-refractivity contribution is 0.632. The van der Waals surface area contributed by atoms with Crippen molar-refractivity contribution in [3.63, 3.8) is 0 Å². The number of nitrogens with one attached hydrogen (secondary N) is 2. The number of pyridine rings is 2. The van der Waals surface area contributed by atoms with Crippen molar-refractivity contribution in [1.82, 2.24) is 9.97 Å². The molecule has 7 nitrogen and oxygen atoms in total. The number of halogens is 1. The van der Waals surface area contributed by atoms with Gasteiger partial charge in [0.15, 0.2) is 5.58 Å². The fourth-order valence-electron chi connectivity index (χ4n) is 2.91. The molecule has 0 fully saturated rings. The number of nitrogens with zero attached hydrogens (tertiary/aromatic N) is 1. The number of furan rings is 1. The Morgan fingerprint density at radius 1 is 1.24 bits per heavy atom. The SMILES string of the molecule is N=Cc1c(-c2c(N)c(=O)[nH]c3c2oc2ccncc23)ccc(F)c1N. The van der Waals surface area contributed by atoms with Gasteiger partial charge in [-0.05, 0) is 17.7 Å². The van der Waals surface area contributed by atoms with Crippen LogP contribution in [0.15, 0.2) is 39.8 Å². The fourth-order valence-corrected chi connectivity index (χ4v) is 2.91. The van der Waals surface area contributed by atoms with Crippen LogP contribution in [0.1, 0.15) is 5.56 Å². The number of anilines is 2.